The molecule has 1 aromatic heterocycles. The Labute approximate surface area is 131 Å². The third kappa shape index (κ3) is 5.08. The number of aryl methyl sites for hydroxylation is 2. The number of aromatic nitrogens is 1. The number of anilines is 1. The van der Waals surface area contributed by atoms with E-state index in [0.717, 1.165) is 22.4 Å². The van der Waals surface area contributed by atoms with Crippen LogP contribution in [0, 0.1) is 6.92 Å². The number of hydrogen-bond acceptors (Lipinski definition) is 3. The quantitative estimate of drug-likeness (QED) is 0.834. The average Bonchev–Trinajstić information content (AvgIpc) is 2.45. The monoisotopic (exact) mass is 305 g/mol. The third-order valence-electron chi connectivity index (χ3n) is 3.29. The SMILES string of the molecule is Cc1cnccc1CNC(=O)CCc1ccccc1N.Cl. The summed E-state index contributed by atoms with van der Waals surface area (Å²) in [6.07, 6.45) is 4.64. The van der Waals surface area contributed by atoms with Crippen LogP contribution in [-0.4, -0.2) is 10.9 Å². The second kappa shape index (κ2) is 8.27. The number of nitrogens with one attached hydrogen (secondary N) is 1. The zero-order chi connectivity index (χ0) is 14.4. The molecule has 1 aromatic carbocycles. The topological polar surface area (TPSA) is 68.0 Å². The zero-order valence-corrected chi connectivity index (χ0v) is 12.8. The Morgan fingerprint density at radius 3 is 2.71 bits per heavy atom. The number of nitrogen functional groups attached to an aromatic ring is 1. The molecule has 3 N–H and O–H groups in total. The molecule has 0 aliphatic heterocycles. The normalized spacial score (nSPS) is 9.76. The number of para-hydroxylation sites is 1. The minimum atomic E-state index is 0. The predicted octanol–water partition coefficient (Wildman–Crippen LogP) is 2.64. The molecular weight excluding hydrogens is 286 g/mol. The van der Waals surface area contributed by atoms with Crippen LogP contribution in [0.4, 0.5) is 5.69 Å². The number of halogens is 1. The van der Waals surface area contributed by atoms with Crippen LogP contribution in [0.2, 0.25) is 0 Å². The third-order valence-corrected chi connectivity index (χ3v) is 3.29. The number of rotatable bonds is 5. The van der Waals surface area contributed by atoms with Crippen LogP contribution in [0.15, 0.2) is 42.7 Å². The van der Waals surface area contributed by atoms with Crippen molar-refractivity contribution in [3.8, 4) is 0 Å². The van der Waals surface area contributed by atoms with Crippen LogP contribution >= 0.6 is 12.4 Å². The summed E-state index contributed by atoms with van der Waals surface area (Å²) in [5.41, 5.74) is 9.78. The van der Waals surface area contributed by atoms with Crippen molar-refractivity contribution >= 4 is 24.0 Å². The minimum absolute atomic E-state index is 0. The van der Waals surface area contributed by atoms with Gasteiger partial charge in [0.15, 0.2) is 0 Å². The number of benzene rings is 1. The van der Waals surface area contributed by atoms with Crippen LogP contribution in [-0.2, 0) is 17.8 Å². The van der Waals surface area contributed by atoms with Crippen LogP contribution in [0.25, 0.3) is 0 Å². The van der Waals surface area contributed by atoms with E-state index < -0.39 is 0 Å². The molecule has 0 aliphatic carbocycles. The molecule has 0 saturated carbocycles. The summed E-state index contributed by atoms with van der Waals surface area (Å²) in [6.45, 7) is 2.52. The molecule has 1 heterocycles. The highest BCUT2D eigenvalue weighted by Gasteiger charge is 2.05. The lowest BCUT2D eigenvalue weighted by atomic mass is 10.1. The van der Waals surface area contributed by atoms with Gasteiger partial charge in [-0.15, -0.1) is 12.4 Å². The molecule has 0 radical (unpaired) electrons. The fourth-order valence-electron chi connectivity index (χ4n) is 1.99. The molecule has 21 heavy (non-hydrogen) atoms. The number of amides is 1. The van der Waals surface area contributed by atoms with Crippen molar-refractivity contribution in [2.24, 2.45) is 0 Å². The van der Waals surface area contributed by atoms with Crippen molar-refractivity contribution in [2.75, 3.05) is 5.73 Å². The maximum Gasteiger partial charge on any atom is 0.220 e. The van der Waals surface area contributed by atoms with E-state index in [0.29, 0.717) is 19.4 Å². The lowest BCUT2D eigenvalue weighted by molar-refractivity contribution is -0.121. The summed E-state index contributed by atoms with van der Waals surface area (Å²) in [6, 6.07) is 9.56. The zero-order valence-electron chi connectivity index (χ0n) is 12.0. The molecule has 0 fully saturated rings. The van der Waals surface area contributed by atoms with Gasteiger partial charge in [-0.05, 0) is 42.2 Å². The van der Waals surface area contributed by atoms with E-state index in [1.807, 2.05) is 37.3 Å². The summed E-state index contributed by atoms with van der Waals surface area (Å²) in [4.78, 5) is 15.9. The van der Waals surface area contributed by atoms with Crippen molar-refractivity contribution in [3.63, 3.8) is 0 Å². The average molecular weight is 306 g/mol. The Morgan fingerprint density at radius 1 is 1.24 bits per heavy atom. The number of carbonyl (C=O) groups excluding carboxylic acids is 1. The lowest BCUT2D eigenvalue weighted by Crippen LogP contribution is -2.23. The van der Waals surface area contributed by atoms with Gasteiger partial charge in [0.05, 0.1) is 0 Å². The van der Waals surface area contributed by atoms with Crippen LogP contribution in [0.5, 0.6) is 0 Å². The number of hydrogen-bond donors (Lipinski definition) is 2. The second-order valence-corrected chi connectivity index (χ2v) is 4.78. The van der Waals surface area contributed by atoms with E-state index in [1.165, 1.54) is 0 Å². The Kier molecular flexibility index (Phi) is 6.69. The minimum Gasteiger partial charge on any atom is -0.399 e. The van der Waals surface area contributed by atoms with Gasteiger partial charge in [0, 0.05) is 31.0 Å². The second-order valence-electron chi connectivity index (χ2n) is 4.78. The van der Waals surface area contributed by atoms with E-state index in [2.05, 4.69) is 10.3 Å². The van der Waals surface area contributed by atoms with E-state index >= 15 is 0 Å². The Balaban J connectivity index is 0.00000220. The Hall–Kier alpha value is -2.07. The van der Waals surface area contributed by atoms with Gasteiger partial charge >= 0.3 is 0 Å². The highest BCUT2D eigenvalue weighted by molar-refractivity contribution is 5.85. The number of pyridine rings is 1. The highest BCUT2D eigenvalue weighted by Crippen LogP contribution is 2.12. The molecule has 5 heteroatoms. The van der Waals surface area contributed by atoms with Gasteiger partial charge in [0.1, 0.15) is 0 Å². The van der Waals surface area contributed by atoms with Crippen molar-refractivity contribution in [1.29, 1.82) is 0 Å². The van der Waals surface area contributed by atoms with Gasteiger partial charge in [-0.1, -0.05) is 18.2 Å². The first kappa shape index (κ1) is 17.0. The molecular formula is C16H20ClN3O. The van der Waals surface area contributed by atoms with E-state index in [1.54, 1.807) is 12.4 Å². The lowest BCUT2D eigenvalue weighted by Gasteiger charge is -2.08. The van der Waals surface area contributed by atoms with E-state index in [4.69, 9.17) is 5.73 Å². The Morgan fingerprint density at radius 2 is 2.00 bits per heavy atom. The molecule has 2 aromatic rings. The van der Waals surface area contributed by atoms with Crippen molar-refractivity contribution in [3.05, 3.63) is 59.4 Å². The molecule has 0 unspecified atom stereocenters. The molecule has 2 rings (SSSR count). The summed E-state index contributed by atoms with van der Waals surface area (Å²) >= 11 is 0. The van der Waals surface area contributed by atoms with Crippen LogP contribution in [0.1, 0.15) is 23.1 Å². The van der Waals surface area contributed by atoms with Crippen molar-refractivity contribution in [2.45, 2.75) is 26.3 Å². The first-order valence-electron chi connectivity index (χ1n) is 6.66. The standard InChI is InChI=1S/C16H19N3O.ClH/c1-12-10-18-9-8-14(12)11-19-16(20)7-6-13-4-2-3-5-15(13)17;/h2-5,8-10H,6-7,11,17H2,1H3,(H,19,20);1H. The van der Waals surface area contributed by atoms with Crippen LogP contribution in [0.3, 0.4) is 0 Å². The summed E-state index contributed by atoms with van der Waals surface area (Å²) in [5.74, 6) is 0.0319. The van der Waals surface area contributed by atoms with Gasteiger partial charge < -0.3 is 11.1 Å². The first-order chi connectivity index (χ1) is 9.66. The summed E-state index contributed by atoms with van der Waals surface area (Å²) in [7, 11) is 0. The maximum absolute atomic E-state index is 11.8. The predicted molar refractivity (Wildman–Crippen MR) is 87.2 cm³/mol. The van der Waals surface area contributed by atoms with Gasteiger partial charge in [-0.2, -0.15) is 0 Å². The molecule has 0 saturated heterocycles. The molecule has 0 aliphatic rings. The van der Waals surface area contributed by atoms with Gasteiger partial charge in [0.25, 0.3) is 0 Å². The summed E-state index contributed by atoms with van der Waals surface area (Å²) < 4.78 is 0. The molecule has 1 amide bonds. The largest absolute Gasteiger partial charge is 0.399 e. The fourth-order valence-corrected chi connectivity index (χ4v) is 1.99. The van der Waals surface area contributed by atoms with Gasteiger partial charge in [0.2, 0.25) is 5.91 Å². The van der Waals surface area contributed by atoms with Crippen molar-refractivity contribution < 1.29 is 4.79 Å². The molecule has 0 spiro atoms. The van der Waals surface area contributed by atoms with E-state index in [9.17, 15) is 4.79 Å². The first-order valence-corrected chi connectivity index (χ1v) is 6.66. The highest BCUT2D eigenvalue weighted by atomic mass is 35.5. The maximum atomic E-state index is 11.8. The molecule has 0 bridgehead atoms. The molecule has 4 nitrogen and oxygen atoms in total. The molecule has 0 atom stereocenters. The van der Waals surface area contributed by atoms with Gasteiger partial charge in [-0.25, -0.2) is 0 Å². The number of carbonyl (C=O) groups is 1. The van der Waals surface area contributed by atoms with Crippen LogP contribution < -0.4 is 11.1 Å². The number of nitrogens with two attached hydrogens (primary N) is 1. The van der Waals surface area contributed by atoms with Crippen molar-refractivity contribution in [1.82, 2.24) is 10.3 Å². The Bertz CT molecular complexity index is 550. The summed E-state index contributed by atoms with van der Waals surface area (Å²) in [5, 5.41) is 2.92. The smallest absolute Gasteiger partial charge is 0.220 e. The molecule has 112 valence electrons. The van der Waals surface area contributed by atoms with E-state index in [-0.39, 0.29) is 18.3 Å². The van der Waals surface area contributed by atoms with Gasteiger partial charge in [-0.3, -0.25) is 9.78 Å². The number of nitrogens with zero attached hydrogens (tertiary/aromatic N) is 1. The fraction of sp³-hybridized carbons (Fsp3) is 0.250.